The summed E-state index contributed by atoms with van der Waals surface area (Å²) >= 11 is 0. The second-order valence-electron chi connectivity index (χ2n) is 6.23. The van der Waals surface area contributed by atoms with Gasteiger partial charge in [-0.25, -0.2) is 4.39 Å². The fourth-order valence-corrected chi connectivity index (χ4v) is 2.63. The van der Waals surface area contributed by atoms with Gasteiger partial charge in [-0.05, 0) is 55.0 Å². The highest BCUT2D eigenvalue weighted by Gasteiger charge is 2.13. The van der Waals surface area contributed by atoms with Crippen molar-refractivity contribution in [2.24, 2.45) is 0 Å². The molecule has 0 aromatic heterocycles. The quantitative estimate of drug-likeness (QED) is 0.595. The summed E-state index contributed by atoms with van der Waals surface area (Å²) in [7, 11) is 0. The fourth-order valence-electron chi connectivity index (χ4n) is 2.63. The number of hydrazine groups is 1. The van der Waals surface area contributed by atoms with Gasteiger partial charge in [0.15, 0.2) is 0 Å². The highest BCUT2D eigenvalue weighted by Crippen LogP contribution is 2.13. The fraction of sp³-hybridized carbons (Fsp3) is 0.0455. The number of hydrogen-bond donors (Lipinski definition) is 3. The zero-order valence-electron chi connectivity index (χ0n) is 15.5. The standard InChI is InChI=1S/C22H18FN3O3/c1-14-6-2-3-7-17(14)21(28)24-16-12-10-15(11-13-16)20(27)25-26-22(29)18-8-4-5-9-19(18)23/h2-13H,1H3,(H,24,28)(H,25,27)(H,26,29). The zero-order chi connectivity index (χ0) is 20.8. The molecule has 0 fully saturated rings. The average molecular weight is 391 g/mol. The lowest BCUT2D eigenvalue weighted by Gasteiger charge is -2.10. The molecule has 0 aliphatic heterocycles. The molecule has 3 rings (SSSR count). The first kappa shape index (κ1) is 19.8. The maximum Gasteiger partial charge on any atom is 0.272 e. The topological polar surface area (TPSA) is 87.3 Å². The molecule has 0 atom stereocenters. The van der Waals surface area contributed by atoms with Crippen LogP contribution < -0.4 is 16.2 Å². The second-order valence-corrected chi connectivity index (χ2v) is 6.23. The van der Waals surface area contributed by atoms with E-state index in [4.69, 9.17) is 0 Å². The van der Waals surface area contributed by atoms with Crippen LogP contribution >= 0.6 is 0 Å². The van der Waals surface area contributed by atoms with Crippen LogP contribution in [0.3, 0.4) is 0 Å². The van der Waals surface area contributed by atoms with Crippen molar-refractivity contribution >= 4 is 23.4 Å². The summed E-state index contributed by atoms with van der Waals surface area (Å²) < 4.78 is 13.6. The first-order valence-electron chi connectivity index (χ1n) is 8.78. The Morgan fingerprint density at radius 3 is 1.93 bits per heavy atom. The molecule has 0 spiro atoms. The van der Waals surface area contributed by atoms with Gasteiger partial charge < -0.3 is 5.32 Å². The minimum absolute atomic E-state index is 0.179. The summed E-state index contributed by atoms with van der Waals surface area (Å²) in [4.78, 5) is 36.4. The van der Waals surface area contributed by atoms with Crippen LogP contribution in [0.1, 0.15) is 36.6 Å². The van der Waals surface area contributed by atoms with Crippen molar-refractivity contribution in [1.82, 2.24) is 10.9 Å². The van der Waals surface area contributed by atoms with Crippen molar-refractivity contribution in [2.45, 2.75) is 6.92 Å². The first-order valence-corrected chi connectivity index (χ1v) is 8.78. The molecule has 146 valence electrons. The van der Waals surface area contributed by atoms with Gasteiger partial charge in [0, 0.05) is 16.8 Å². The molecule has 6 nitrogen and oxygen atoms in total. The monoisotopic (exact) mass is 391 g/mol. The number of benzene rings is 3. The third-order valence-electron chi connectivity index (χ3n) is 4.20. The number of aryl methyl sites for hydroxylation is 1. The Morgan fingerprint density at radius 2 is 1.28 bits per heavy atom. The zero-order valence-corrected chi connectivity index (χ0v) is 15.5. The summed E-state index contributed by atoms with van der Waals surface area (Å²) in [6.07, 6.45) is 0. The first-order chi connectivity index (χ1) is 14.0. The van der Waals surface area contributed by atoms with E-state index in [1.807, 2.05) is 19.1 Å². The van der Waals surface area contributed by atoms with Crippen molar-refractivity contribution < 1.29 is 18.8 Å². The van der Waals surface area contributed by atoms with E-state index < -0.39 is 17.6 Å². The summed E-state index contributed by atoms with van der Waals surface area (Å²) in [6.45, 7) is 1.85. The van der Waals surface area contributed by atoms with E-state index >= 15 is 0 Å². The molecular weight excluding hydrogens is 373 g/mol. The van der Waals surface area contributed by atoms with Crippen molar-refractivity contribution in [2.75, 3.05) is 5.32 Å². The maximum absolute atomic E-state index is 13.6. The normalized spacial score (nSPS) is 10.1. The van der Waals surface area contributed by atoms with E-state index in [-0.39, 0.29) is 17.0 Å². The smallest absolute Gasteiger partial charge is 0.272 e. The van der Waals surface area contributed by atoms with Gasteiger partial charge >= 0.3 is 0 Å². The summed E-state index contributed by atoms with van der Waals surface area (Å²) in [5.41, 5.74) is 6.40. The molecule has 3 aromatic rings. The molecule has 29 heavy (non-hydrogen) atoms. The van der Waals surface area contributed by atoms with Crippen molar-refractivity contribution in [3.8, 4) is 0 Å². The molecule has 0 unspecified atom stereocenters. The van der Waals surface area contributed by atoms with Crippen LogP contribution in [0, 0.1) is 12.7 Å². The molecule has 0 aliphatic carbocycles. The van der Waals surface area contributed by atoms with E-state index in [9.17, 15) is 18.8 Å². The Hall–Kier alpha value is -4.00. The lowest BCUT2D eigenvalue weighted by Crippen LogP contribution is -2.41. The van der Waals surface area contributed by atoms with E-state index in [0.717, 1.165) is 11.6 Å². The van der Waals surface area contributed by atoms with Gasteiger partial charge in [-0.2, -0.15) is 0 Å². The Morgan fingerprint density at radius 1 is 0.690 bits per heavy atom. The molecule has 3 amide bonds. The van der Waals surface area contributed by atoms with E-state index in [2.05, 4.69) is 16.2 Å². The largest absolute Gasteiger partial charge is 0.322 e. The SMILES string of the molecule is Cc1ccccc1C(=O)Nc1ccc(C(=O)NNC(=O)c2ccccc2F)cc1. The van der Waals surface area contributed by atoms with Gasteiger partial charge in [0.2, 0.25) is 0 Å². The van der Waals surface area contributed by atoms with Crippen LogP contribution in [-0.4, -0.2) is 17.7 Å². The van der Waals surface area contributed by atoms with Gasteiger partial charge in [0.1, 0.15) is 5.82 Å². The van der Waals surface area contributed by atoms with Crippen LogP contribution in [0.2, 0.25) is 0 Å². The number of hydrogen-bond acceptors (Lipinski definition) is 3. The summed E-state index contributed by atoms with van der Waals surface area (Å²) in [5, 5.41) is 2.76. The van der Waals surface area contributed by atoms with Crippen molar-refractivity contribution in [3.05, 3.63) is 101 Å². The Kier molecular flexibility index (Phi) is 5.99. The molecule has 3 aromatic carbocycles. The number of anilines is 1. The summed E-state index contributed by atoms with van der Waals surface area (Å²) in [6, 6.07) is 18.8. The molecule has 0 saturated heterocycles. The number of rotatable bonds is 4. The second kappa shape index (κ2) is 8.79. The lowest BCUT2D eigenvalue weighted by molar-refractivity contribution is 0.0844. The van der Waals surface area contributed by atoms with Crippen LogP contribution in [-0.2, 0) is 0 Å². The number of halogens is 1. The molecule has 0 aliphatic rings. The molecular formula is C22H18FN3O3. The Labute approximate surface area is 166 Å². The van der Waals surface area contributed by atoms with E-state index in [1.54, 1.807) is 24.3 Å². The van der Waals surface area contributed by atoms with Gasteiger partial charge in [-0.3, -0.25) is 25.2 Å². The number of nitrogens with one attached hydrogen (secondary N) is 3. The lowest BCUT2D eigenvalue weighted by atomic mass is 10.1. The van der Waals surface area contributed by atoms with Gasteiger partial charge in [0.05, 0.1) is 5.56 Å². The Bertz CT molecular complexity index is 1060. The van der Waals surface area contributed by atoms with Gasteiger partial charge in [-0.15, -0.1) is 0 Å². The van der Waals surface area contributed by atoms with Crippen LogP contribution in [0.15, 0.2) is 72.8 Å². The van der Waals surface area contributed by atoms with Crippen LogP contribution in [0.4, 0.5) is 10.1 Å². The average Bonchev–Trinajstić information content (AvgIpc) is 2.73. The third-order valence-corrected chi connectivity index (χ3v) is 4.20. The minimum atomic E-state index is -0.765. The molecule has 3 N–H and O–H groups in total. The third kappa shape index (κ3) is 4.84. The molecule has 0 heterocycles. The minimum Gasteiger partial charge on any atom is -0.322 e. The van der Waals surface area contributed by atoms with Crippen molar-refractivity contribution in [3.63, 3.8) is 0 Å². The highest BCUT2D eigenvalue weighted by atomic mass is 19.1. The van der Waals surface area contributed by atoms with Crippen molar-refractivity contribution in [1.29, 1.82) is 0 Å². The van der Waals surface area contributed by atoms with Gasteiger partial charge in [0.25, 0.3) is 17.7 Å². The number of carbonyl (C=O) groups is 3. The molecule has 0 bridgehead atoms. The molecule has 0 saturated carbocycles. The van der Waals surface area contributed by atoms with Crippen LogP contribution in [0.5, 0.6) is 0 Å². The predicted octanol–water partition coefficient (Wildman–Crippen LogP) is 3.46. The van der Waals surface area contributed by atoms with Gasteiger partial charge in [-0.1, -0.05) is 30.3 Å². The summed E-state index contributed by atoms with van der Waals surface area (Å²) in [5.74, 6) is -2.28. The number of carbonyl (C=O) groups excluding carboxylic acids is 3. The van der Waals surface area contributed by atoms with Crippen LogP contribution in [0.25, 0.3) is 0 Å². The van der Waals surface area contributed by atoms with E-state index in [1.165, 1.54) is 30.3 Å². The Balaban J connectivity index is 1.59. The molecule has 0 radical (unpaired) electrons. The highest BCUT2D eigenvalue weighted by molar-refractivity contribution is 6.05. The maximum atomic E-state index is 13.6. The van der Waals surface area contributed by atoms with E-state index in [0.29, 0.717) is 11.3 Å². The molecule has 7 heteroatoms. The predicted molar refractivity (Wildman–Crippen MR) is 107 cm³/mol. The number of amides is 3.